The maximum atomic E-state index is 12.7. The Morgan fingerprint density at radius 1 is 1.03 bits per heavy atom. The van der Waals surface area contributed by atoms with E-state index in [9.17, 15) is 9.59 Å². The van der Waals surface area contributed by atoms with E-state index in [1.807, 2.05) is 51.1 Å². The van der Waals surface area contributed by atoms with Gasteiger partial charge in [-0.2, -0.15) is 0 Å². The van der Waals surface area contributed by atoms with Crippen LogP contribution >= 0.6 is 22.9 Å². The average Bonchev–Trinajstić information content (AvgIpc) is 3.05. The van der Waals surface area contributed by atoms with Crippen LogP contribution in [0.1, 0.15) is 33.3 Å². The fraction of sp³-hybridized carbons (Fsp3) is 0.250. The second-order valence-electron chi connectivity index (χ2n) is 7.05. The fourth-order valence-electron chi connectivity index (χ4n) is 3.11. The van der Waals surface area contributed by atoms with E-state index in [1.54, 1.807) is 19.1 Å². The molecular formula is C24H24ClNO4S. The second-order valence-corrected chi connectivity index (χ2v) is 8.71. The van der Waals surface area contributed by atoms with E-state index < -0.39 is 5.97 Å². The lowest BCUT2D eigenvalue weighted by Crippen LogP contribution is -2.21. The van der Waals surface area contributed by atoms with Crippen LogP contribution in [0.25, 0.3) is 11.1 Å². The molecule has 3 aromatic rings. The molecule has 1 amide bonds. The molecular weight excluding hydrogens is 434 g/mol. The number of ether oxygens (including phenoxy) is 2. The molecule has 1 N–H and O–H groups in total. The van der Waals surface area contributed by atoms with Crippen molar-refractivity contribution in [2.24, 2.45) is 0 Å². The van der Waals surface area contributed by atoms with Crippen molar-refractivity contribution < 1.29 is 19.1 Å². The maximum absolute atomic E-state index is 12.7. The molecule has 0 bridgehead atoms. The molecule has 3 rings (SSSR count). The Hall–Kier alpha value is -2.83. The van der Waals surface area contributed by atoms with E-state index in [1.165, 1.54) is 11.3 Å². The van der Waals surface area contributed by atoms with Crippen molar-refractivity contribution in [3.8, 4) is 16.9 Å². The molecule has 0 radical (unpaired) electrons. The quantitative estimate of drug-likeness (QED) is 0.430. The van der Waals surface area contributed by atoms with Crippen molar-refractivity contribution >= 4 is 39.8 Å². The van der Waals surface area contributed by atoms with Gasteiger partial charge >= 0.3 is 5.97 Å². The zero-order valence-electron chi connectivity index (χ0n) is 17.9. The van der Waals surface area contributed by atoms with E-state index in [0.717, 1.165) is 27.1 Å². The number of amides is 1. The molecule has 2 aromatic carbocycles. The number of thiophene rings is 1. The van der Waals surface area contributed by atoms with Crippen molar-refractivity contribution in [2.75, 3.05) is 18.5 Å². The molecule has 0 saturated heterocycles. The summed E-state index contributed by atoms with van der Waals surface area (Å²) >= 11 is 7.34. The summed E-state index contributed by atoms with van der Waals surface area (Å²) in [7, 11) is 0. The first kappa shape index (κ1) is 22.8. The van der Waals surface area contributed by atoms with Gasteiger partial charge in [-0.25, -0.2) is 4.79 Å². The van der Waals surface area contributed by atoms with Gasteiger partial charge in [0.05, 0.1) is 6.61 Å². The van der Waals surface area contributed by atoms with Crippen LogP contribution in [-0.4, -0.2) is 25.1 Å². The van der Waals surface area contributed by atoms with Crippen LogP contribution in [0, 0.1) is 20.8 Å². The van der Waals surface area contributed by atoms with Crippen LogP contribution < -0.4 is 10.1 Å². The summed E-state index contributed by atoms with van der Waals surface area (Å²) in [6.45, 7) is 7.71. The van der Waals surface area contributed by atoms with Gasteiger partial charge in [0.2, 0.25) is 0 Å². The van der Waals surface area contributed by atoms with Crippen LogP contribution in [0.3, 0.4) is 0 Å². The average molecular weight is 458 g/mol. The highest BCUT2D eigenvalue weighted by atomic mass is 35.5. The lowest BCUT2D eigenvalue weighted by Gasteiger charge is -2.10. The summed E-state index contributed by atoms with van der Waals surface area (Å²) in [5.41, 5.74) is 4.13. The predicted octanol–water partition coefficient (Wildman–Crippen LogP) is 6.19. The fourth-order valence-corrected chi connectivity index (χ4v) is 4.32. The van der Waals surface area contributed by atoms with Gasteiger partial charge in [0.1, 0.15) is 16.3 Å². The van der Waals surface area contributed by atoms with Gasteiger partial charge in [-0.3, -0.25) is 4.79 Å². The molecule has 31 heavy (non-hydrogen) atoms. The van der Waals surface area contributed by atoms with Crippen LogP contribution in [0.2, 0.25) is 5.02 Å². The van der Waals surface area contributed by atoms with Crippen LogP contribution in [0.15, 0.2) is 42.5 Å². The molecule has 0 aliphatic rings. The highest BCUT2D eigenvalue weighted by molar-refractivity contribution is 7.17. The number of esters is 1. The van der Waals surface area contributed by atoms with Crippen LogP contribution in [0.4, 0.5) is 5.00 Å². The van der Waals surface area contributed by atoms with E-state index in [2.05, 4.69) is 5.32 Å². The number of hydrogen-bond donors (Lipinski definition) is 1. The molecule has 7 heteroatoms. The van der Waals surface area contributed by atoms with Gasteiger partial charge < -0.3 is 14.8 Å². The molecule has 0 fully saturated rings. The minimum Gasteiger partial charge on any atom is -0.484 e. The summed E-state index contributed by atoms with van der Waals surface area (Å²) in [6.07, 6.45) is 0. The predicted molar refractivity (Wildman–Crippen MR) is 125 cm³/mol. The summed E-state index contributed by atoms with van der Waals surface area (Å²) in [5, 5.41) is 3.86. The second kappa shape index (κ2) is 9.98. The third kappa shape index (κ3) is 5.46. The Morgan fingerprint density at radius 3 is 2.39 bits per heavy atom. The molecule has 0 spiro atoms. The first-order valence-electron chi connectivity index (χ1n) is 9.86. The molecule has 0 saturated carbocycles. The topological polar surface area (TPSA) is 64.6 Å². The zero-order valence-corrected chi connectivity index (χ0v) is 19.4. The van der Waals surface area contributed by atoms with Gasteiger partial charge in [0, 0.05) is 15.5 Å². The number of carbonyl (C=O) groups is 2. The highest BCUT2D eigenvalue weighted by Gasteiger charge is 2.25. The highest BCUT2D eigenvalue weighted by Crippen LogP contribution is 2.40. The van der Waals surface area contributed by atoms with Gasteiger partial charge in [-0.05, 0) is 68.7 Å². The monoisotopic (exact) mass is 457 g/mol. The van der Waals surface area contributed by atoms with Crippen molar-refractivity contribution in [3.63, 3.8) is 0 Å². The number of halogens is 1. The van der Waals surface area contributed by atoms with E-state index in [0.29, 0.717) is 21.3 Å². The smallest absolute Gasteiger partial charge is 0.341 e. The third-order valence-corrected chi connectivity index (χ3v) is 6.07. The van der Waals surface area contributed by atoms with Gasteiger partial charge in [0.25, 0.3) is 5.91 Å². The largest absolute Gasteiger partial charge is 0.484 e. The van der Waals surface area contributed by atoms with Gasteiger partial charge in [-0.1, -0.05) is 29.8 Å². The standard InChI is InChI=1S/C24H24ClNO4S/c1-5-29-24(28)22-21(17-7-9-18(25)10-8-17)16(4)31-23(22)26-20(27)13-30-19-11-6-14(2)15(3)12-19/h6-12H,5,13H2,1-4H3,(H,26,27). The lowest BCUT2D eigenvalue weighted by atomic mass is 10.0. The number of rotatable bonds is 7. The summed E-state index contributed by atoms with van der Waals surface area (Å²) < 4.78 is 10.9. The molecule has 5 nitrogen and oxygen atoms in total. The Kier molecular flexibility index (Phi) is 7.36. The third-order valence-electron chi connectivity index (χ3n) is 4.80. The molecule has 162 valence electrons. The van der Waals surface area contributed by atoms with Gasteiger partial charge in [-0.15, -0.1) is 11.3 Å². The number of aryl methyl sites for hydroxylation is 3. The van der Waals surface area contributed by atoms with Crippen LogP contribution in [-0.2, 0) is 9.53 Å². The molecule has 0 aliphatic carbocycles. The number of hydrogen-bond acceptors (Lipinski definition) is 5. The van der Waals surface area contributed by atoms with Crippen molar-refractivity contribution in [2.45, 2.75) is 27.7 Å². The zero-order chi connectivity index (χ0) is 22.5. The Morgan fingerprint density at radius 2 is 1.74 bits per heavy atom. The molecule has 0 unspecified atom stereocenters. The van der Waals surface area contributed by atoms with Gasteiger partial charge in [0.15, 0.2) is 6.61 Å². The SMILES string of the molecule is CCOC(=O)c1c(NC(=O)COc2ccc(C)c(C)c2)sc(C)c1-c1ccc(Cl)cc1. The summed E-state index contributed by atoms with van der Waals surface area (Å²) in [5.74, 6) is -0.219. The molecule has 0 aliphatic heterocycles. The lowest BCUT2D eigenvalue weighted by molar-refractivity contribution is -0.118. The number of anilines is 1. The van der Waals surface area contributed by atoms with Crippen molar-refractivity contribution in [1.29, 1.82) is 0 Å². The molecule has 0 atom stereocenters. The molecule has 1 aromatic heterocycles. The van der Waals surface area contributed by atoms with Crippen molar-refractivity contribution in [3.05, 3.63) is 69.1 Å². The number of nitrogens with one attached hydrogen (secondary N) is 1. The van der Waals surface area contributed by atoms with E-state index in [4.69, 9.17) is 21.1 Å². The maximum Gasteiger partial charge on any atom is 0.341 e. The van der Waals surface area contributed by atoms with E-state index >= 15 is 0 Å². The summed E-state index contributed by atoms with van der Waals surface area (Å²) in [6, 6.07) is 12.9. The minimum atomic E-state index is -0.484. The normalized spacial score (nSPS) is 10.6. The van der Waals surface area contributed by atoms with Crippen molar-refractivity contribution in [1.82, 2.24) is 0 Å². The summed E-state index contributed by atoms with van der Waals surface area (Å²) in [4.78, 5) is 26.2. The minimum absolute atomic E-state index is 0.169. The number of carbonyl (C=O) groups excluding carboxylic acids is 2. The number of benzene rings is 2. The van der Waals surface area contributed by atoms with Crippen LogP contribution in [0.5, 0.6) is 5.75 Å². The van der Waals surface area contributed by atoms with E-state index in [-0.39, 0.29) is 19.1 Å². The Balaban J connectivity index is 1.85. The first-order valence-corrected chi connectivity index (χ1v) is 11.1. The first-order chi connectivity index (χ1) is 14.8. The molecule has 1 heterocycles. The Bertz CT molecular complexity index is 1110. The Labute approximate surface area is 191 Å².